The van der Waals surface area contributed by atoms with Gasteiger partial charge in [0.1, 0.15) is 5.69 Å². The van der Waals surface area contributed by atoms with Gasteiger partial charge in [0, 0.05) is 26.2 Å². The van der Waals surface area contributed by atoms with Crippen molar-refractivity contribution in [3.8, 4) is 10.6 Å². The second-order valence-electron chi connectivity index (χ2n) is 6.90. The van der Waals surface area contributed by atoms with Gasteiger partial charge < -0.3 is 10.6 Å². The molecule has 1 amide bonds. The molecule has 4 aromatic rings. The number of anilines is 1. The molecule has 2 N–H and O–H groups in total. The molecule has 3 heterocycles. The zero-order chi connectivity index (χ0) is 22.0. The maximum atomic E-state index is 13.0. The molecule has 9 nitrogen and oxygen atoms in total. The van der Waals surface area contributed by atoms with Crippen molar-refractivity contribution in [3.05, 3.63) is 69.2 Å². The summed E-state index contributed by atoms with van der Waals surface area (Å²) >= 11 is 1.55. The van der Waals surface area contributed by atoms with Crippen LogP contribution in [0.4, 0.5) is 11.4 Å². The summed E-state index contributed by atoms with van der Waals surface area (Å²) in [5.41, 5.74) is 3.00. The zero-order valence-electron chi connectivity index (χ0n) is 17.0. The number of pyridine rings is 1. The minimum atomic E-state index is -0.439. The number of rotatable bonds is 7. The molecule has 0 aliphatic heterocycles. The second-order valence-corrected chi connectivity index (χ2v) is 7.84. The number of aryl methyl sites for hydroxylation is 2. The predicted octanol–water partition coefficient (Wildman–Crippen LogP) is 3.76. The highest BCUT2D eigenvalue weighted by atomic mass is 32.1. The van der Waals surface area contributed by atoms with Gasteiger partial charge in [-0.3, -0.25) is 19.6 Å². The number of nitro benzene ring substituents is 1. The van der Waals surface area contributed by atoms with Crippen molar-refractivity contribution in [2.75, 3.05) is 18.4 Å². The molecule has 10 heteroatoms. The molecule has 0 radical (unpaired) electrons. The number of hydrogen-bond acceptors (Lipinski definition) is 7. The second kappa shape index (κ2) is 8.52. The largest absolute Gasteiger partial charge is 0.378 e. The highest BCUT2D eigenvalue weighted by Crippen LogP contribution is 2.29. The van der Waals surface area contributed by atoms with Gasteiger partial charge in [-0.2, -0.15) is 5.10 Å². The van der Waals surface area contributed by atoms with Crippen LogP contribution in [0.5, 0.6) is 0 Å². The maximum absolute atomic E-state index is 13.0. The molecule has 0 aliphatic rings. The summed E-state index contributed by atoms with van der Waals surface area (Å²) in [4.78, 5) is 29.4. The molecule has 0 atom stereocenters. The van der Waals surface area contributed by atoms with Gasteiger partial charge in [0.05, 0.1) is 32.1 Å². The van der Waals surface area contributed by atoms with Gasteiger partial charge in [0.25, 0.3) is 11.6 Å². The molecule has 158 valence electrons. The topological polar surface area (TPSA) is 115 Å². The van der Waals surface area contributed by atoms with E-state index in [0.29, 0.717) is 41.1 Å². The SMILES string of the molecule is Cc1nn(C)c2nc(-c3cccs3)cc(C(=O)NCCNc3ccccc3[N+](=O)[O-])c12. The molecule has 4 rings (SSSR count). The van der Waals surface area contributed by atoms with Crippen LogP contribution in [0.1, 0.15) is 16.1 Å². The van der Waals surface area contributed by atoms with E-state index in [0.717, 1.165) is 10.6 Å². The minimum Gasteiger partial charge on any atom is -0.378 e. The van der Waals surface area contributed by atoms with E-state index in [1.165, 1.54) is 6.07 Å². The summed E-state index contributed by atoms with van der Waals surface area (Å²) in [6.45, 7) is 2.48. The number of para-hydroxylation sites is 2. The molecule has 0 saturated carbocycles. The van der Waals surface area contributed by atoms with Crippen molar-refractivity contribution in [2.45, 2.75) is 6.92 Å². The van der Waals surface area contributed by atoms with Crippen LogP contribution in [0.15, 0.2) is 47.8 Å². The first-order valence-electron chi connectivity index (χ1n) is 9.59. The third kappa shape index (κ3) is 4.10. The highest BCUT2D eigenvalue weighted by molar-refractivity contribution is 7.13. The molecule has 0 aliphatic carbocycles. The van der Waals surface area contributed by atoms with Crippen LogP contribution in [-0.4, -0.2) is 38.7 Å². The van der Waals surface area contributed by atoms with Gasteiger partial charge >= 0.3 is 0 Å². The number of nitro groups is 1. The Morgan fingerprint density at radius 3 is 2.77 bits per heavy atom. The van der Waals surface area contributed by atoms with Gasteiger partial charge in [-0.1, -0.05) is 18.2 Å². The first-order chi connectivity index (χ1) is 15.0. The Hall–Kier alpha value is -3.79. The fourth-order valence-electron chi connectivity index (χ4n) is 3.43. The third-order valence-electron chi connectivity index (χ3n) is 4.81. The fourth-order valence-corrected chi connectivity index (χ4v) is 4.11. The van der Waals surface area contributed by atoms with Crippen molar-refractivity contribution in [3.63, 3.8) is 0 Å². The van der Waals surface area contributed by atoms with E-state index in [2.05, 4.69) is 15.7 Å². The molecule has 0 spiro atoms. The Morgan fingerprint density at radius 1 is 1.23 bits per heavy atom. The Balaban J connectivity index is 1.53. The smallest absolute Gasteiger partial charge is 0.292 e. The summed E-state index contributed by atoms with van der Waals surface area (Å²) in [5.74, 6) is -0.245. The van der Waals surface area contributed by atoms with E-state index in [-0.39, 0.29) is 11.6 Å². The first kappa shape index (κ1) is 20.5. The molecular formula is C21H20N6O3S. The average Bonchev–Trinajstić information content (AvgIpc) is 3.39. The van der Waals surface area contributed by atoms with Gasteiger partial charge in [-0.25, -0.2) is 4.98 Å². The van der Waals surface area contributed by atoms with E-state index < -0.39 is 4.92 Å². The van der Waals surface area contributed by atoms with Crippen LogP contribution in [0.3, 0.4) is 0 Å². The summed E-state index contributed by atoms with van der Waals surface area (Å²) in [7, 11) is 1.80. The van der Waals surface area contributed by atoms with Crippen LogP contribution in [0.25, 0.3) is 21.6 Å². The minimum absolute atomic E-state index is 0.00348. The van der Waals surface area contributed by atoms with Crippen molar-refractivity contribution >= 4 is 39.7 Å². The third-order valence-corrected chi connectivity index (χ3v) is 5.71. The molecule has 0 unspecified atom stereocenters. The predicted molar refractivity (Wildman–Crippen MR) is 120 cm³/mol. The van der Waals surface area contributed by atoms with Crippen molar-refractivity contribution < 1.29 is 9.72 Å². The zero-order valence-corrected chi connectivity index (χ0v) is 17.8. The Labute approximate surface area is 181 Å². The number of nitrogens with zero attached hydrogens (tertiary/aromatic N) is 4. The number of hydrogen-bond donors (Lipinski definition) is 2. The van der Waals surface area contributed by atoms with E-state index in [9.17, 15) is 14.9 Å². The number of carbonyl (C=O) groups is 1. The Morgan fingerprint density at radius 2 is 2.03 bits per heavy atom. The lowest BCUT2D eigenvalue weighted by Crippen LogP contribution is -2.29. The fraction of sp³-hybridized carbons (Fsp3) is 0.190. The molecule has 0 fully saturated rings. The van der Waals surface area contributed by atoms with E-state index >= 15 is 0 Å². The molecule has 0 saturated heterocycles. The number of benzene rings is 1. The van der Waals surface area contributed by atoms with Gasteiger partial charge in [-0.05, 0) is 30.5 Å². The summed E-state index contributed by atoms with van der Waals surface area (Å²) in [6, 6.07) is 12.1. The van der Waals surface area contributed by atoms with E-state index in [1.54, 1.807) is 47.3 Å². The van der Waals surface area contributed by atoms with Crippen molar-refractivity contribution in [1.29, 1.82) is 0 Å². The van der Waals surface area contributed by atoms with Gasteiger partial charge in [-0.15, -0.1) is 11.3 Å². The van der Waals surface area contributed by atoms with Crippen LogP contribution in [-0.2, 0) is 7.05 Å². The maximum Gasteiger partial charge on any atom is 0.292 e. The number of thiophene rings is 1. The molecule has 3 aromatic heterocycles. The molecule has 31 heavy (non-hydrogen) atoms. The lowest BCUT2D eigenvalue weighted by molar-refractivity contribution is -0.384. The van der Waals surface area contributed by atoms with Crippen LogP contribution < -0.4 is 10.6 Å². The van der Waals surface area contributed by atoms with Crippen molar-refractivity contribution in [2.24, 2.45) is 7.05 Å². The number of aromatic nitrogens is 3. The monoisotopic (exact) mass is 436 g/mol. The van der Waals surface area contributed by atoms with Crippen LogP contribution in [0, 0.1) is 17.0 Å². The first-order valence-corrected chi connectivity index (χ1v) is 10.5. The quantitative estimate of drug-likeness (QED) is 0.259. The molecular weight excluding hydrogens is 416 g/mol. The normalized spacial score (nSPS) is 10.9. The van der Waals surface area contributed by atoms with Gasteiger partial charge in [0.15, 0.2) is 5.65 Å². The number of carbonyl (C=O) groups excluding carboxylic acids is 1. The summed E-state index contributed by atoms with van der Waals surface area (Å²) in [5, 5.41) is 24.1. The molecule has 0 bridgehead atoms. The van der Waals surface area contributed by atoms with E-state index in [4.69, 9.17) is 4.98 Å². The lowest BCUT2D eigenvalue weighted by Gasteiger charge is -2.10. The van der Waals surface area contributed by atoms with Gasteiger partial charge in [0.2, 0.25) is 0 Å². The van der Waals surface area contributed by atoms with Crippen molar-refractivity contribution in [1.82, 2.24) is 20.1 Å². The highest BCUT2D eigenvalue weighted by Gasteiger charge is 2.19. The van der Waals surface area contributed by atoms with Crippen LogP contribution >= 0.6 is 11.3 Å². The number of amides is 1. The Bertz CT molecular complexity index is 1270. The Kier molecular flexibility index (Phi) is 5.63. The molecule has 1 aromatic carbocycles. The van der Waals surface area contributed by atoms with Crippen LogP contribution in [0.2, 0.25) is 0 Å². The number of fused-ring (bicyclic) bond motifs is 1. The lowest BCUT2D eigenvalue weighted by atomic mass is 10.1. The summed E-state index contributed by atoms with van der Waals surface area (Å²) < 4.78 is 1.68. The number of nitrogens with one attached hydrogen (secondary N) is 2. The average molecular weight is 436 g/mol. The standard InChI is InChI=1S/C21H20N6O3S/c1-13-19-14(12-16(18-8-5-11-31-18)24-20(19)26(2)25-13)21(28)23-10-9-22-15-6-3-4-7-17(15)27(29)30/h3-8,11-12,22H,9-10H2,1-2H3,(H,23,28). The van der Waals surface area contributed by atoms with E-state index in [1.807, 2.05) is 24.4 Å². The summed E-state index contributed by atoms with van der Waals surface area (Å²) in [6.07, 6.45) is 0.